The first-order valence-electron chi connectivity index (χ1n) is 5.19. The van der Waals surface area contributed by atoms with Gasteiger partial charge >= 0.3 is 0 Å². The van der Waals surface area contributed by atoms with Gasteiger partial charge in [-0.05, 0) is 28.9 Å². The van der Waals surface area contributed by atoms with Crippen LogP contribution in [0.1, 0.15) is 17.7 Å². The quantitative estimate of drug-likeness (QED) is 0.831. The predicted molar refractivity (Wildman–Crippen MR) is 69.8 cm³/mol. The van der Waals surface area contributed by atoms with E-state index >= 15 is 0 Å². The fourth-order valence-corrected chi connectivity index (χ4v) is 5.63. The van der Waals surface area contributed by atoms with Crippen LogP contribution in [0, 0.1) is 6.92 Å². The maximum Gasteiger partial charge on any atom is 0.244 e. The van der Waals surface area contributed by atoms with Crippen molar-refractivity contribution < 1.29 is 13.2 Å². The minimum Gasteiger partial charge on any atom is -0.300 e. The Morgan fingerprint density at radius 3 is 2.41 bits per heavy atom. The van der Waals surface area contributed by atoms with Gasteiger partial charge in [0.2, 0.25) is 10.0 Å². The summed E-state index contributed by atoms with van der Waals surface area (Å²) >= 11 is 4.69. The molecule has 0 atom stereocenters. The largest absolute Gasteiger partial charge is 0.300 e. The highest BCUT2D eigenvalue weighted by Gasteiger charge is 2.30. The first kappa shape index (κ1) is 13.2. The molecule has 0 aromatic carbocycles. The molecule has 0 aliphatic carbocycles. The van der Waals surface area contributed by atoms with E-state index in [-0.39, 0.29) is 5.78 Å². The van der Waals surface area contributed by atoms with E-state index < -0.39 is 10.0 Å². The first-order chi connectivity index (χ1) is 7.91. The van der Waals surface area contributed by atoms with Gasteiger partial charge in [0, 0.05) is 30.8 Å². The van der Waals surface area contributed by atoms with E-state index in [2.05, 4.69) is 15.9 Å². The van der Waals surface area contributed by atoms with Gasteiger partial charge in [0.1, 0.15) is 5.78 Å². The maximum absolute atomic E-state index is 12.3. The molecular weight excluding hydrogens is 326 g/mol. The highest BCUT2D eigenvalue weighted by Crippen LogP contribution is 2.32. The van der Waals surface area contributed by atoms with Gasteiger partial charge in [-0.1, -0.05) is 0 Å². The summed E-state index contributed by atoms with van der Waals surface area (Å²) in [6.45, 7) is 2.39. The summed E-state index contributed by atoms with van der Waals surface area (Å²) in [5, 5.41) is 0. The Hall–Kier alpha value is -0.240. The van der Waals surface area contributed by atoms with Gasteiger partial charge in [-0.3, -0.25) is 4.79 Å². The number of hydrogen-bond acceptors (Lipinski definition) is 4. The zero-order valence-electron chi connectivity index (χ0n) is 9.27. The van der Waals surface area contributed by atoms with E-state index in [0.29, 0.717) is 30.8 Å². The predicted octanol–water partition coefficient (Wildman–Crippen LogP) is 2.17. The van der Waals surface area contributed by atoms with Crippen molar-refractivity contribution in [2.75, 3.05) is 13.1 Å². The zero-order chi connectivity index (χ0) is 12.6. The number of piperidine rings is 1. The fraction of sp³-hybridized carbons (Fsp3) is 0.500. The lowest BCUT2D eigenvalue weighted by molar-refractivity contribution is -0.120. The van der Waals surface area contributed by atoms with Crippen LogP contribution in [0.15, 0.2) is 14.7 Å². The van der Waals surface area contributed by atoms with Crippen LogP contribution in [-0.2, 0) is 14.8 Å². The Morgan fingerprint density at radius 1 is 1.35 bits per heavy atom. The second kappa shape index (κ2) is 4.79. The van der Waals surface area contributed by atoms with Crippen molar-refractivity contribution in [3.63, 3.8) is 0 Å². The third-order valence-corrected chi connectivity index (χ3v) is 6.45. The molecule has 2 rings (SSSR count). The molecule has 2 heterocycles. The van der Waals surface area contributed by atoms with Crippen LogP contribution < -0.4 is 0 Å². The Morgan fingerprint density at radius 2 is 1.94 bits per heavy atom. The Kier molecular flexibility index (Phi) is 3.72. The molecular formula is C10H12BrNO3S2. The zero-order valence-corrected chi connectivity index (χ0v) is 12.5. The number of halogens is 1. The number of hydrogen-bond donors (Lipinski definition) is 0. The van der Waals surface area contributed by atoms with E-state index in [1.54, 1.807) is 13.0 Å². The summed E-state index contributed by atoms with van der Waals surface area (Å²) in [7, 11) is -3.43. The molecule has 1 aliphatic heterocycles. The molecule has 7 heteroatoms. The summed E-state index contributed by atoms with van der Waals surface area (Å²) in [6.07, 6.45) is 0.646. The van der Waals surface area contributed by atoms with Crippen molar-refractivity contribution in [2.45, 2.75) is 24.7 Å². The summed E-state index contributed by atoms with van der Waals surface area (Å²) in [6, 6.07) is 1.63. The summed E-state index contributed by atoms with van der Waals surface area (Å²) < 4.78 is 26.9. The molecule has 1 aromatic heterocycles. The Balaban J connectivity index is 2.30. The highest BCUT2D eigenvalue weighted by molar-refractivity contribution is 9.11. The number of carbonyl (C=O) groups excluding carboxylic acids is 1. The first-order valence-corrected chi connectivity index (χ1v) is 8.24. The van der Waals surface area contributed by atoms with Crippen molar-refractivity contribution >= 4 is 43.1 Å². The smallest absolute Gasteiger partial charge is 0.244 e. The van der Waals surface area contributed by atoms with E-state index in [0.717, 1.165) is 8.66 Å². The topological polar surface area (TPSA) is 54.5 Å². The number of Topliss-reactive ketones (excluding diaryl/α,β-unsaturated/α-hetero) is 1. The second-order valence-corrected chi connectivity index (χ2v) is 8.46. The molecule has 17 heavy (non-hydrogen) atoms. The molecule has 1 aliphatic rings. The van der Waals surface area contributed by atoms with Gasteiger partial charge in [0.15, 0.2) is 0 Å². The number of rotatable bonds is 2. The molecule has 0 spiro atoms. The average Bonchev–Trinajstić information content (AvgIpc) is 2.59. The molecule has 0 saturated carbocycles. The molecule has 0 unspecified atom stereocenters. The molecule has 4 nitrogen and oxygen atoms in total. The Bertz CT molecular complexity index is 540. The number of carbonyl (C=O) groups is 1. The summed E-state index contributed by atoms with van der Waals surface area (Å²) in [5.74, 6) is 0.139. The number of sulfonamides is 1. The Labute approximate surface area is 113 Å². The van der Waals surface area contributed by atoms with E-state index in [1.165, 1.54) is 15.6 Å². The van der Waals surface area contributed by atoms with Crippen LogP contribution in [0.2, 0.25) is 0 Å². The van der Waals surface area contributed by atoms with Crippen molar-refractivity contribution in [1.82, 2.24) is 4.31 Å². The van der Waals surface area contributed by atoms with Crippen molar-refractivity contribution in [1.29, 1.82) is 0 Å². The lowest BCUT2D eigenvalue weighted by atomic mass is 10.1. The minimum absolute atomic E-state index is 0.139. The summed E-state index contributed by atoms with van der Waals surface area (Å²) in [4.78, 5) is 12.2. The van der Waals surface area contributed by atoms with Crippen LogP contribution in [0.3, 0.4) is 0 Å². The molecule has 1 fully saturated rings. The number of thiophene rings is 1. The van der Waals surface area contributed by atoms with Gasteiger partial charge < -0.3 is 0 Å². The minimum atomic E-state index is -3.43. The molecule has 0 radical (unpaired) electrons. The molecule has 1 saturated heterocycles. The molecule has 0 N–H and O–H groups in total. The lowest BCUT2D eigenvalue weighted by Crippen LogP contribution is -2.38. The van der Waals surface area contributed by atoms with Crippen LogP contribution in [0.4, 0.5) is 0 Å². The number of ketones is 1. The third-order valence-electron chi connectivity index (χ3n) is 2.74. The van der Waals surface area contributed by atoms with Gasteiger partial charge in [-0.15, -0.1) is 11.3 Å². The normalized spacial score (nSPS) is 18.6. The highest BCUT2D eigenvalue weighted by atomic mass is 79.9. The van der Waals surface area contributed by atoms with Crippen LogP contribution in [-0.4, -0.2) is 31.6 Å². The van der Waals surface area contributed by atoms with Crippen LogP contribution in [0.5, 0.6) is 0 Å². The number of nitrogens with zero attached hydrogens (tertiary/aromatic N) is 1. The van der Waals surface area contributed by atoms with Crippen LogP contribution in [0.25, 0.3) is 0 Å². The van der Waals surface area contributed by atoms with Crippen molar-refractivity contribution in [3.8, 4) is 0 Å². The monoisotopic (exact) mass is 337 g/mol. The van der Waals surface area contributed by atoms with Crippen molar-refractivity contribution in [2.24, 2.45) is 0 Å². The third kappa shape index (κ3) is 2.62. The molecule has 1 aromatic rings. The van der Waals surface area contributed by atoms with Crippen LogP contribution >= 0.6 is 27.3 Å². The molecule has 94 valence electrons. The van der Waals surface area contributed by atoms with E-state index in [9.17, 15) is 13.2 Å². The van der Waals surface area contributed by atoms with E-state index in [4.69, 9.17) is 0 Å². The van der Waals surface area contributed by atoms with E-state index in [1.807, 2.05) is 0 Å². The van der Waals surface area contributed by atoms with Gasteiger partial charge in [-0.25, -0.2) is 8.42 Å². The maximum atomic E-state index is 12.3. The van der Waals surface area contributed by atoms with Gasteiger partial charge in [0.05, 0.1) is 8.68 Å². The fourth-order valence-electron chi connectivity index (χ4n) is 1.80. The lowest BCUT2D eigenvalue weighted by Gasteiger charge is -2.25. The summed E-state index contributed by atoms with van der Waals surface area (Å²) in [5.41, 5.74) is 0. The average molecular weight is 338 g/mol. The van der Waals surface area contributed by atoms with Gasteiger partial charge in [-0.2, -0.15) is 4.31 Å². The van der Waals surface area contributed by atoms with Gasteiger partial charge in [0.25, 0.3) is 0 Å². The standard InChI is InChI=1S/C10H12BrNO3S2/c1-7-9(6-10(11)16-7)17(14,15)12-4-2-8(13)3-5-12/h6H,2-5H2,1H3. The number of aryl methyl sites for hydroxylation is 1. The SMILES string of the molecule is Cc1sc(Br)cc1S(=O)(=O)N1CCC(=O)CC1. The van der Waals surface area contributed by atoms with Crippen molar-refractivity contribution in [3.05, 3.63) is 14.7 Å². The molecule has 0 amide bonds. The second-order valence-electron chi connectivity index (χ2n) is 3.91. The molecule has 0 bridgehead atoms.